The van der Waals surface area contributed by atoms with Crippen LogP contribution in [-0.4, -0.2) is 60.3 Å². The van der Waals surface area contributed by atoms with E-state index in [-0.39, 0.29) is 23.7 Å². The van der Waals surface area contributed by atoms with E-state index in [9.17, 15) is 28.7 Å². The number of ether oxygens (including phenoxy) is 1. The number of nitrogens with zero attached hydrogens (tertiary/aromatic N) is 2. The number of benzene rings is 1. The number of nitro groups is 1. The van der Waals surface area contributed by atoms with Crippen LogP contribution in [-0.2, 0) is 10.0 Å². The van der Waals surface area contributed by atoms with Crippen LogP contribution in [0.5, 0.6) is 5.75 Å². The van der Waals surface area contributed by atoms with Gasteiger partial charge in [0, 0.05) is 25.2 Å². The zero-order chi connectivity index (χ0) is 15.8. The Morgan fingerprint density at radius 3 is 2.38 bits per heavy atom. The zero-order valence-electron chi connectivity index (χ0n) is 11.0. The number of sulfonamides is 1. The summed E-state index contributed by atoms with van der Waals surface area (Å²) in [6, 6.07) is 3.21. The van der Waals surface area contributed by atoms with Crippen LogP contribution in [0.1, 0.15) is 0 Å². The fraction of sp³-hybridized carbons (Fsp3) is 0.455. The number of β-amino-alcohol motifs (C(OH)–C–C–N with tert-alkyl or cyclic N) is 2. The first kappa shape index (κ1) is 15.6. The number of hydrogen-bond donors (Lipinski definition) is 2. The summed E-state index contributed by atoms with van der Waals surface area (Å²) in [4.78, 5) is 9.69. The molecule has 0 aliphatic carbocycles. The predicted molar refractivity (Wildman–Crippen MR) is 70.4 cm³/mol. The third-order valence-corrected chi connectivity index (χ3v) is 5.05. The van der Waals surface area contributed by atoms with Crippen LogP contribution in [0.4, 0.5) is 5.69 Å². The minimum Gasteiger partial charge on any atom is -0.495 e. The quantitative estimate of drug-likeness (QED) is 0.556. The topological polar surface area (TPSA) is 130 Å². The first-order chi connectivity index (χ1) is 9.77. The molecule has 1 aromatic carbocycles. The Bertz CT molecular complexity index is 651. The van der Waals surface area contributed by atoms with Crippen LogP contribution >= 0.6 is 0 Å². The van der Waals surface area contributed by atoms with Crippen molar-refractivity contribution in [3.8, 4) is 5.75 Å². The van der Waals surface area contributed by atoms with Crippen LogP contribution in [0.25, 0.3) is 0 Å². The van der Waals surface area contributed by atoms with Crippen LogP contribution < -0.4 is 4.74 Å². The van der Waals surface area contributed by atoms with Gasteiger partial charge in [-0.05, 0) is 6.07 Å². The van der Waals surface area contributed by atoms with Crippen molar-refractivity contribution in [1.82, 2.24) is 4.31 Å². The molecule has 1 fully saturated rings. The molecule has 2 N–H and O–H groups in total. The molecule has 2 unspecified atom stereocenters. The maximum atomic E-state index is 12.5. The van der Waals surface area contributed by atoms with E-state index in [1.165, 1.54) is 13.2 Å². The van der Waals surface area contributed by atoms with Crippen molar-refractivity contribution < 1.29 is 28.3 Å². The average molecular weight is 318 g/mol. The number of methoxy groups -OCH3 is 1. The molecule has 1 aliphatic heterocycles. The second-order valence-corrected chi connectivity index (χ2v) is 6.46. The zero-order valence-corrected chi connectivity index (χ0v) is 11.9. The molecule has 0 bridgehead atoms. The Labute approximate surface area is 120 Å². The van der Waals surface area contributed by atoms with E-state index < -0.39 is 32.8 Å². The number of aliphatic hydroxyl groups excluding tert-OH is 2. The van der Waals surface area contributed by atoms with Crippen molar-refractivity contribution in [2.75, 3.05) is 20.2 Å². The molecule has 1 saturated heterocycles. The monoisotopic (exact) mass is 318 g/mol. The van der Waals surface area contributed by atoms with Gasteiger partial charge in [0.2, 0.25) is 10.0 Å². The summed E-state index contributed by atoms with van der Waals surface area (Å²) in [5.74, 6) is -0.0449. The van der Waals surface area contributed by atoms with Gasteiger partial charge in [0.05, 0.1) is 24.2 Å². The average Bonchev–Trinajstić information content (AvgIpc) is 2.78. The van der Waals surface area contributed by atoms with Gasteiger partial charge in [-0.2, -0.15) is 4.31 Å². The van der Waals surface area contributed by atoms with Crippen molar-refractivity contribution in [2.24, 2.45) is 0 Å². The molecule has 0 radical (unpaired) electrons. The van der Waals surface area contributed by atoms with E-state index in [2.05, 4.69) is 0 Å². The molecule has 1 heterocycles. The van der Waals surface area contributed by atoms with Gasteiger partial charge in [0.15, 0.2) is 0 Å². The summed E-state index contributed by atoms with van der Waals surface area (Å²) in [6.07, 6.45) is -2.38. The van der Waals surface area contributed by atoms with Gasteiger partial charge in [-0.1, -0.05) is 0 Å². The molecular weight excluding hydrogens is 304 g/mol. The highest BCUT2D eigenvalue weighted by atomic mass is 32.2. The van der Waals surface area contributed by atoms with Gasteiger partial charge in [0.1, 0.15) is 10.6 Å². The molecule has 10 heteroatoms. The van der Waals surface area contributed by atoms with Crippen LogP contribution in [0.3, 0.4) is 0 Å². The third-order valence-electron chi connectivity index (χ3n) is 3.20. The Hall–Kier alpha value is -1.75. The molecule has 2 rings (SSSR count). The normalized spacial score (nSPS) is 23.2. The largest absolute Gasteiger partial charge is 0.495 e. The number of hydrogen-bond acceptors (Lipinski definition) is 7. The molecule has 1 aliphatic rings. The SMILES string of the molecule is COc1ccc([N+](=O)[O-])cc1S(=O)(=O)N1CC(O)C(O)C1. The summed E-state index contributed by atoms with van der Waals surface area (Å²) in [6.45, 7) is -0.565. The lowest BCUT2D eigenvalue weighted by atomic mass is 10.3. The number of non-ortho nitro benzene ring substituents is 1. The molecule has 2 atom stereocenters. The number of nitro benzene ring substituents is 1. The van der Waals surface area contributed by atoms with E-state index in [0.717, 1.165) is 16.4 Å². The molecular formula is C11H14N2O7S. The van der Waals surface area contributed by atoms with E-state index in [4.69, 9.17) is 4.74 Å². The molecule has 0 amide bonds. The Kier molecular flexibility index (Phi) is 4.14. The molecule has 116 valence electrons. The van der Waals surface area contributed by atoms with Crippen molar-refractivity contribution >= 4 is 15.7 Å². The van der Waals surface area contributed by atoms with Gasteiger partial charge >= 0.3 is 0 Å². The first-order valence-corrected chi connectivity index (χ1v) is 7.40. The highest BCUT2D eigenvalue weighted by Gasteiger charge is 2.39. The Morgan fingerprint density at radius 1 is 1.33 bits per heavy atom. The summed E-state index contributed by atoms with van der Waals surface area (Å²) >= 11 is 0. The fourth-order valence-corrected chi connectivity index (χ4v) is 3.70. The van der Waals surface area contributed by atoms with Crippen LogP contribution in [0.15, 0.2) is 23.1 Å². The highest BCUT2D eigenvalue weighted by Crippen LogP contribution is 2.32. The molecule has 9 nitrogen and oxygen atoms in total. The van der Waals surface area contributed by atoms with Crippen molar-refractivity contribution in [1.29, 1.82) is 0 Å². The second kappa shape index (κ2) is 5.56. The van der Waals surface area contributed by atoms with Gasteiger partial charge < -0.3 is 14.9 Å². The Morgan fingerprint density at radius 2 is 1.90 bits per heavy atom. The van der Waals surface area contributed by atoms with Gasteiger partial charge in [-0.25, -0.2) is 8.42 Å². The summed E-state index contributed by atoms with van der Waals surface area (Å²) < 4.78 is 30.8. The molecule has 0 saturated carbocycles. The molecule has 0 spiro atoms. The number of rotatable bonds is 4. The first-order valence-electron chi connectivity index (χ1n) is 5.96. The van der Waals surface area contributed by atoms with Crippen molar-refractivity contribution in [3.05, 3.63) is 28.3 Å². The van der Waals surface area contributed by atoms with Crippen molar-refractivity contribution in [3.63, 3.8) is 0 Å². The molecule has 1 aromatic rings. The number of aliphatic hydroxyl groups is 2. The maximum Gasteiger partial charge on any atom is 0.271 e. The standard InChI is InChI=1S/C11H14N2O7S/c1-20-10-3-2-7(13(16)17)4-11(10)21(18,19)12-5-8(14)9(15)6-12/h2-4,8-9,14-15H,5-6H2,1H3. The minimum absolute atomic E-state index is 0.0449. The third kappa shape index (κ3) is 2.83. The van der Waals surface area contributed by atoms with Gasteiger partial charge in [-0.15, -0.1) is 0 Å². The second-order valence-electron chi connectivity index (χ2n) is 4.55. The minimum atomic E-state index is -4.12. The molecule has 0 aromatic heterocycles. The fourth-order valence-electron chi connectivity index (χ4n) is 2.05. The van der Waals surface area contributed by atoms with Gasteiger partial charge in [-0.3, -0.25) is 10.1 Å². The summed E-state index contributed by atoms with van der Waals surface area (Å²) in [5.41, 5.74) is -0.394. The summed E-state index contributed by atoms with van der Waals surface area (Å²) in [5, 5.41) is 29.7. The Balaban J connectivity index is 2.48. The van der Waals surface area contributed by atoms with E-state index in [1.807, 2.05) is 0 Å². The van der Waals surface area contributed by atoms with Gasteiger partial charge in [0.25, 0.3) is 5.69 Å². The van der Waals surface area contributed by atoms with E-state index in [1.54, 1.807) is 0 Å². The summed E-state index contributed by atoms with van der Waals surface area (Å²) in [7, 11) is -2.88. The highest BCUT2D eigenvalue weighted by molar-refractivity contribution is 7.89. The smallest absolute Gasteiger partial charge is 0.271 e. The lowest BCUT2D eigenvalue weighted by molar-refractivity contribution is -0.385. The van der Waals surface area contributed by atoms with Crippen LogP contribution in [0.2, 0.25) is 0 Å². The van der Waals surface area contributed by atoms with E-state index in [0.29, 0.717) is 0 Å². The maximum absolute atomic E-state index is 12.5. The lowest BCUT2D eigenvalue weighted by Gasteiger charge is -2.17. The lowest BCUT2D eigenvalue weighted by Crippen LogP contribution is -2.30. The van der Waals surface area contributed by atoms with E-state index >= 15 is 0 Å². The predicted octanol–water partition coefficient (Wildman–Crippen LogP) is -0.671. The van der Waals surface area contributed by atoms with Crippen molar-refractivity contribution in [2.45, 2.75) is 17.1 Å². The molecule has 21 heavy (non-hydrogen) atoms. The van der Waals surface area contributed by atoms with Crippen LogP contribution in [0, 0.1) is 10.1 Å².